The Hall–Kier alpha value is -3.91. The number of ether oxygens (including phenoxy) is 2. The fourth-order valence-corrected chi connectivity index (χ4v) is 5.66. The first kappa shape index (κ1) is 27.6. The van der Waals surface area contributed by atoms with Gasteiger partial charge in [-0.05, 0) is 70.1 Å². The van der Waals surface area contributed by atoms with Crippen molar-refractivity contribution in [2.24, 2.45) is 5.41 Å². The second-order valence-electron chi connectivity index (χ2n) is 10.9. The number of Topliss-reactive ketones (excluding diaryl/α,β-unsaturated/α-hetero) is 1. The molecule has 1 aliphatic heterocycles. The molecule has 5 rings (SSSR count). The number of allylic oxidation sites excluding steroid dienone is 3. The summed E-state index contributed by atoms with van der Waals surface area (Å²) in [6.45, 7) is 6.45. The van der Waals surface area contributed by atoms with E-state index in [4.69, 9.17) is 9.47 Å². The Labute approximate surface area is 242 Å². The van der Waals surface area contributed by atoms with Gasteiger partial charge in [0.2, 0.25) is 0 Å². The number of aromatic nitrogens is 1. The Bertz CT molecular complexity index is 1510. The number of hydrogen-bond donors (Lipinski definition) is 2. The molecule has 0 spiro atoms. The summed E-state index contributed by atoms with van der Waals surface area (Å²) in [5, 5.41) is 6.32. The van der Waals surface area contributed by atoms with Crippen LogP contribution in [-0.4, -0.2) is 23.8 Å². The van der Waals surface area contributed by atoms with Gasteiger partial charge in [-0.15, -0.1) is 0 Å². The monoisotopic (exact) mass is 601 g/mol. The normalized spacial score (nSPS) is 18.1. The number of nitrogens with zero attached hydrogens (tertiary/aromatic N) is 1. The SMILES string of the molecule is COc1cc(C2C(C(=O)Nc3ccc(Br)cn3)=C(C)NC3=C2C(=O)CC(C)(C)C3)ccc1OCc1ccccc1. The average molecular weight is 603 g/mol. The number of benzene rings is 2. The number of carbonyl (C=O) groups is 2. The van der Waals surface area contributed by atoms with Gasteiger partial charge >= 0.3 is 0 Å². The fraction of sp³-hybridized carbons (Fsp3) is 0.281. The van der Waals surface area contributed by atoms with Crippen LogP contribution >= 0.6 is 15.9 Å². The molecule has 1 atom stereocenters. The average Bonchev–Trinajstić information content (AvgIpc) is 2.92. The largest absolute Gasteiger partial charge is 0.493 e. The second-order valence-corrected chi connectivity index (χ2v) is 11.8. The van der Waals surface area contributed by atoms with Gasteiger partial charge in [0.25, 0.3) is 5.91 Å². The zero-order chi connectivity index (χ0) is 28.4. The maximum absolute atomic E-state index is 13.8. The molecular formula is C32H32BrN3O4. The molecule has 2 aromatic carbocycles. The number of methoxy groups -OCH3 is 1. The van der Waals surface area contributed by atoms with E-state index in [2.05, 4.69) is 45.4 Å². The minimum Gasteiger partial charge on any atom is -0.493 e. The standard InChI is InChI=1S/C32H32BrN3O4/c1-19-28(31(38)36-27-13-11-22(33)17-34-27)29(30-23(35-19)15-32(2,3)16-24(30)37)21-10-12-25(26(14-21)39-4)40-18-20-8-6-5-7-9-20/h5-14,17,29,35H,15-16,18H2,1-4H3,(H,34,36,38). The molecule has 1 amide bonds. The molecular weight excluding hydrogens is 570 g/mol. The Morgan fingerprint density at radius 2 is 1.88 bits per heavy atom. The Balaban J connectivity index is 1.54. The maximum atomic E-state index is 13.8. The van der Waals surface area contributed by atoms with Gasteiger partial charge in [0, 0.05) is 45.5 Å². The van der Waals surface area contributed by atoms with E-state index in [-0.39, 0.29) is 17.1 Å². The molecule has 0 bridgehead atoms. The van der Waals surface area contributed by atoms with Crippen molar-refractivity contribution in [1.29, 1.82) is 0 Å². The van der Waals surface area contributed by atoms with Gasteiger partial charge < -0.3 is 20.1 Å². The molecule has 1 aliphatic carbocycles. The Morgan fingerprint density at radius 3 is 2.58 bits per heavy atom. The van der Waals surface area contributed by atoms with E-state index in [1.54, 1.807) is 19.4 Å². The first-order chi connectivity index (χ1) is 19.1. The van der Waals surface area contributed by atoms with Gasteiger partial charge in [-0.2, -0.15) is 0 Å². The van der Waals surface area contributed by atoms with E-state index in [9.17, 15) is 9.59 Å². The van der Waals surface area contributed by atoms with E-state index in [1.807, 2.05) is 61.5 Å². The quantitative estimate of drug-likeness (QED) is 0.314. The lowest BCUT2D eigenvalue weighted by Crippen LogP contribution is -2.39. The van der Waals surface area contributed by atoms with Crippen LogP contribution in [0.2, 0.25) is 0 Å². The highest BCUT2D eigenvalue weighted by atomic mass is 79.9. The van der Waals surface area contributed by atoms with E-state index in [0.29, 0.717) is 53.6 Å². The number of nitrogens with one attached hydrogen (secondary N) is 2. The first-order valence-corrected chi connectivity index (χ1v) is 14.0. The molecule has 2 N–H and O–H groups in total. The molecule has 0 saturated carbocycles. The van der Waals surface area contributed by atoms with Crippen LogP contribution in [0.5, 0.6) is 11.5 Å². The summed E-state index contributed by atoms with van der Waals surface area (Å²) in [4.78, 5) is 31.7. The van der Waals surface area contributed by atoms with E-state index in [0.717, 1.165) is 21.3 Å². The van der Waals surface area contributed by atoms with Crippen molar-refractivity contribution in [3.63, 3.8) is 0 Å². The van der Waals surface area contributed by atoms with Gasteiger partial charge in [-0.1, -0.05) is 50.2 Å². The summed E-state index contributed by atoms with van der Waals surface area (Å²) in [5.74, 6) is 0.673. The van der Waals surface area contributed by atoms with Gasteiger partial charge in [0.15, 0.2) is 17.3 Å². The smallest absolute Gasteiger partial charge is 0.255 e. The third-order valence-electron chi connectivity index (χ3n) is 7.21. The third-order valence-corrected chi connectivity index (χ3v) is 7.68. The number of anilines is 1. The van der Waals surface area contributed by atoms with Crippen molar-refractivity contribution in [2.75, 3.05) is 12.4 Å². The van der Waals surface area contributed by atoms with Crippen LogP contribution in [0.25, 0.3) is 0 Å². The molecule has 8 heteroatoms. The number of carbonyl (C=O) groups excluding carboxylic acids is 2. The van der Waals surface area contributed by atoms with Crippen LogP contribution in [0, 0.1) is 5.41 Å². The Kier molecular flexibility index (Phi) is 7.81. The second kappa shape index (κ2) is 11.3. The predicted molar refractivity (Wildman–Crippen MR) is 158 cm³/mol. The van der Waals surface area contributed by atoms with Gasteiger partial charge in [0.05, 0.1) is 7.11 Å². The van der Waals surface area contributed by atoms with Crippen LogP contribution in [0.15, 0.2) is 93.9 Å². The molecule has 2 aliphatic rings. The third kappa shape index (κ3) is 5.82. The zero-order valence-electron chi connectivity index (χ0n) is 23.0. The maximum Gasteiger partial charge on any atom is 0.255 e. The summed E-state index contributed by atoms with van der Waals surface area (Å²) in [5.41, 5.74) is 4.30. The molecule has 1 unspecified atom stereocenters. The summed E-state index contributed by atoms with van der Waals surface area (Å²) in [6.07, 6.45) is 2.74. The summed E-state index contributed by atoms with van der Waals surface area (Å²) in [6, 6.07) is 19.1. The number of rotatable bonds is 7. The minimum atomic E-state index is -0.577. The highest BCUT2D eigenvalue weighted by Gasteiger charge is 2.43. The summed E-state index contributed by atoms with van der Waals surface area (Å²) >= 11 is 3.38. The topological polar surface area (TPSA) is 89.5 Å². The Morgan fingerprint density at radius 1 is 1.10 bits per heavy atom. The number of dihydropyridines is 1. The van der Waals surface area contributed by atoms with E-state index < -0.39 is 5.92 Å². The van der Waals surface area contributed by atoms with Gasteiger partial charge in [0.1, 0.15) is 12.4 Å². The van der Waals surface area contributed by atoms with Crippen molar-refractivity contribution >= 4 is 33.4 Å². The highest BCUT2D eigenvalue weighted by molar-refractivity contribution is 9.10. The molecule has 2 heterocycles. The molecule has 0 saturated heterocycles. The lowest BCUT2D eigenvalue weighted by atomic mass is 9.68. The molecule has 206 valence electrons. The van der Waals surface area contributed by atoms with Crippen LogP contribution < -0.4 is 20.1 Å². The van der Waals surface area contributed by atoms with Crippen LogP contribution in [0.1, 0.15) is 50.7 Å². The first-order valence-electron chi connectivity index (χ1n) is 13.2. The lowest BCUT2D eigenvalue weighted by molar-refractivity contribution is -0.118. The van der Waals surface area contributed by atoms with Crippen LogP contribution in [0.3, 0.4) is 0 Å². The summed E-state index contributed by atoms with van der Waals surface area (Å²) in [7, 11) is 1.59. The summed E-state index contributed by atoms with van der Waals surface area (Å²) < 4.78 is 12.6. The number of hydrogen-bond acceptors (Lipinski definition) is 6. The van der Waals surface area contributed by atoms with Crippen LogP contribution in [0.4, 0.5) is 5.82 Å². The molecule has 0 radical (unpaired) electrons. The number of ketones is 1. The zero-order valence-corrected chi connectivity index (χ0v) is 24.6. The fourth-order valence-electron chi connectivity index (χ4n) is 5.42. The molecule has 3 aromatic rings. The van der Waals surface area contributed by atoms with Gasteiger partial charge in [-0.3, -0.25) is 9.59 Å². The minimum absolute atomic E-state index is 0.0340. The van der Waals surface area contributed by atoms with Crippen molar-refractivity contribution in [2.45, 2.75) is 46.1 Å². The lowest BCUT2D eigenvalue weighted by Gasteiger charge is -2.39. The van der Waals surface area contributed by atoms with E-state index >= 15 is 0 Å². The van der Waals surface area contributed by atoms with Crippen molar-refractivity contribution in [1.82, 2.24) is 10.3 Å². The van der Waals surface area contributed by atoms with Crippen molar-refractivity contribution in [3.05, 3.63) is 105 Å². The molecule has 7 nitrogen and oxygen atoms in total. The number of amides is 1. The molecule has 1 aromatic heterocycles. The number of pyridine rings is 1. The van der Waals surface area contributed by atoms with Crippen molar-refractivity contribution in [3.8, 4) is 11.5 Å². The van der Waals surface area contributed by atoms with E-state index in [1.165, 1.54) is 0 Å². The van der Waals surface area contributed by atoms with Crippen LogP contribution in [-0.2, 0) is 16.2 Å². The number of halogens is 1. The molecule has 0 fully saturated rings. The van der Waals surface area contributed by atoms with Gasteiger partial charge in [-0.25, -0.2) is 4.98 Å². The predicted octanol–water partition coefficient (Wildman–Crippen LogP) is 6.67. The van der Waals surface area contributed by atoms with Crippen molar-refractivity contribution < 1.29 is 19.1 Å². The molecule has 40 heavy (non-hydrogen) atoms. The highest BCUT2D eigenvalue weighted by Crippen LogP contribution is 2.48.